The van der Waals surface area contributed by atoms with Crippen molar-refractivity contribution in [2.75, 3.05) is 19.7 Å². The van der Waals surface area contributed by atoms with Crippen LogP contribution in [0.2, 0.25) is 0 Å². The van der Waals surface area contributed by atoms with E-state index in [0.29, 0.717) is 6.42 Å². The van der Waals surface area contributed by atoms with Crippen molar-refractivity contribution < 1.29 is 9.90 Å². The second kappa shape index (κ2) is 6.86. The number of carbonyl (C=O) groups is 1. The third-order valence-corrected chi connectivity index (χ3v) is 4.28. The van der Waals surface area contributed by atoms with Crippen LogP contribution in [0.15, 0.2) is 30.3 Å². The van der Waals surface area contributed by atoms with Crippen LogP contribution in [-0.4, -0.2) is 36.8 Å². The molecule has 0 aromatic heterocycles. The maximum absolute atomic E-state index is 12.5. The number of amides is 1. The number of hydrogen-bond acceptors (Lipinski definition) is 3. The molecule has 2 rings (SSSR count). The molecule has 2 atom stereocenters. The maximum atomic E-state index is 12.5. The fourth-order valence-electron chi connectivity index (χ4n) is 2.80. The van der Waals surface area contributed by atoms with Crippen LogP contribution in [-0.2, 0) is 11.2 Å². The van der Waals surface area contributed by atoms with Crippen molar-refractivity contribution in [1.29, 1.82) is 0 Å². The van der Waals surface area contributed by atoms with Crippen molar-refractivity contribution in [3.8, 4) is 0 Å². The standard InChI is InChI=1S/C16H24N2O2/c1-2-16(8-9-17-12-16)15(20)18-14(11-19)10-13-6-4-3-5-7-13/h3-7,14,17,19H,2,8-12H2,1H3,(H,18,20). The lowest BCUT2D eigenvalue weighted by atomic mass is 9.83. The highest BCUT2D eigenvalue weighted by Crippen LogP contribution is 2.29. The van der Waals surface area contributed by atoms with E-state index in [1.165, 1.54) is 0 Å². The van der Waals surface area contributed by atoms with E-state index in [2.05, 4.69) is 17.6 Å². The average Bonchev–Trinajstić information content (AvgIpc) is 2.97. The van der Waals surface area contributed by atoms with Gasteiger partial charge < -0.3 is 15.7 Å². The molecule has 2 unspecified atom stereocenters. The lowest BCUT2D eigenvalue weighted by molar-refractivity contribution is -0.131. The molecular formula is C16H24N2O2. The number of aliphatic hydroxyl groups excluding tert-OH is 1. The summed E-state index contributed by atoms with van der Waals surface area (Å²) in [5.41, 5.74) is 0.825. The van der Waals surface area contributed by atoms with E-state index in [4.69, 9.17) is 0 Å². The Morgan fingerprint density at radius 2 is 2.20 bits per heavy atom. The van der Waals surface area contributed by atoms with E-state index in [1.807, 2.05) is 30.3 Å². The smallest absolute Gasteiger partial charge is 0.227 e. The molecule has 1 aromatic rings. The van der Waals surface area contributed by atoms with E-state index in [1.54, 1.807) is 0 Å². The highest BCUT2D eigenvalue weighted by atomic mass is 16.3. The Morgan fingerprint density at radius 1 is 1.45 bits per heavy atom. The SMILES string of the molecule is CCC1(C(=O)NC(CO)Cc2ccccc2)CCNC1. The van der Waals surface area contributed by atoms with Crippen LogP contribution in [0, 0.1) is 5.41 Å². The zero-order valence-corrected chi connectivity index (χ0v) is 12.1. The van der Waals surface area contributed by atoms with Gasteiger partial charge in [-0.25, -0.2) is 0 Å². The highest BCUT2D eigenvalue weighted by molar-refractivity contribution is 5.83. The number of carbonyl (C=O) groups excluding carboxylic acids is 1. The molecule has 1 saturated heterocycles. The van der Waals surface area contributed by atoms with Crippen molar-refractivity contribution in [1.82, 2.24) is 10.6 Å². The summed E-state index contributed by atoms with van der Waals surface area (Å²) in [5.74, 6) is 0.0694. The minimum atomic E-state index is -0.301. The predicted octanol–water partition coefficient (Wildman–Crippen LogP) is 1.10. The first-order valence-electron chi connectivity index (χ1n) is 7.36. The van der Waals surface area contributed by atoms with E-state index in [9.17, 15) is 9.90 Å². The zero-order chi connectivity index (χ0) is 14.4. The topological polar surface area (TPSA) is 61.4 Å². The molecule has 1 fully saturated rings. The Morgan fingerprint density at radius 3 is 2.75 bits per heavy atom. The molecule has 20 heavy (non-hydrogen) atoms. The molecule has 110 valence electrons. The summed E-state index contributed by atoms with van der Waals surface area (Å²) in [6.45, 7) is 3.65. The number of benzene rings is 1. The molecule has 0 bridgehead atoms. The molecule has 3 N–H and O–H groups in total. The van der Waals surface area contributed by atoms with Gasteiger partial charge in [-0.1, -0.05) is 37.3 Å². The summed E-state index contributed by atoms with van der Waals surface area (Å²) in [5, 5.41) is 15.8. The Bertz CT molecular complexity index is 427. The molecule has 4 heteroatoms. The van der Waals surface area contributed by atoms with Crippen LogP contribution < -0.4 is 10.6 Å². The molecule has 4 nitrogen and oxygen atoms in total. The maximum Gasteiger partial charge on any atom is 0.227 e. The van der Waals surface area contributed by atoms with Crippen molar-refractivity contribution in [3.05, 3.63) is 35.9 Å². The first-order valence-corrected chi connectivity index (χ1v) is 7.36. The summed E-state index contributed by atoms with van der Waals surface area (Å²) in [4.78, 5) is 12.5. The Balaban J connectivity index is 1.97. The summed E-state index contributed by atoms with van der Waals surface area (Å²) >= 11 is 0. The molecule has 1 heterocycles. The molecule has 1 amide bonds. The van der Waals surface area contributed by atoms with Crippen LogP contribution in [0.4, 0.5) is 0 Å². The fraction of sp³-hybridized carbons (Fsp3) is 0.562. The van der Waals surface area contributed by atoms with Gasteiger partial charge >= 0.3 is 0 Å². The van der Waals surface area contributed by atoms with Crippen LogP contribution in [0.25, 0.3) is 0 Å². The quantitative estimate of drug-likeness (QED) is 0.729. The summed E-state index contributed by atoms with van der Waals surface area (Å²) in [6, 6.07) is 9.73. The minimum absolute atomic E-state index is 0.0339. The van der Waals surface area contributed by atoms with Crippen LogP contribution in [0.5, 0.6) is 0 Å². The second-order valence-corrected chi connectivity index (χ2v) is 5.60. The van der Waals surface area contributed by atoms with Gasteiger partial charge in [0.1, 0.15) is 0 Å². The Kier molecular flexibility index (Phi) is 5.15. The monoisotopic (exact) mass is 276 g/mol. The first kappa shape index (κ1) is 15.0. The van der Waals surface area contributed by atoms with Crippen LogP contribution in [0.1, 0.15) is 25.3 Å². The predicted molar refractivity (Wildman–Crippen MR) is 79.4 cm³/mol. The molecule has 0 saturated carbocycles. The van der Waals surface area contributed by atoms with E-state index in [-0.39, 0.29) is 24.0 Å². The summed E-state index contributed by atoms with van der Waals surface area (Å²) in [7, 11) is 0. The zero-order valence-electron chi connectivity index (χ0n) is 12.1. The van der Waals surface area contributed by atoms with Crippen molar-refractivity contribution >= 4 is 5.91 Å². The van der Waals surface area contributed by atoms with Gasteiger partial charge in [0, 0.05) is 6.54 Å². The van der Waals surface area contributed by atoms with Crippen molar-refractivity contribution in [3.63, 3.8) is 0 Å². The normalized spacial score (nSPS) is 23.5. The van der Waals surface area contributed by atoms with Crippen LogP contribution >= 0.6 is 0 Å². The van der Waals surface area contributed by atoms with E-state index < -0.39 is 0 Å². The summed E-state index contributed by atoms with van der Waals surface area (Å²) in [6.07, 6.45) is 2.37. The van der Waals surface area contributed by atoms with Gasteiger partial charge in [-0.3, -0.25) is 4.79 Å². The molecular weight excluding hydrogens is 252 g/mol. The van der Waals surface area contributed by atoms with E-state index in [0.717, 1.165) is 31.5 Å². The Hall–Kier alpha value is -1.39. The number of rotatable bonds is 6. The molecule has 0 aliphatic carbocycles. The molecule has 0 spiro atoms. The van der Waals surface area contributed by atoms with Gasteiger partial charge in [-0.05, 0) is 31.4 Å². The van der Waals surface area contributed by atoms with Crippen molar-refractivity contribution in [2.24, 2.45) is 5.41 Å². The van der Waals surface area contributed by atoms with Crippen molar-refractivity contribution in [2.45, 2.75) is 32.2 Å². The Labute approximate surface area is 120 Å². The highest BCUT2D eigenvalue weighted by Gasteiger charge is 2.39. The molecule has 1 aliphatic heterocycles. The third kappa shape index (κ3) is 3.38. The average molecular weight is 276 g/mol. The second-order valence-electron chi connectivity index (χ2n) is 5.60. The summed E-state index contributed by atoms with van der Waals surface area (Å²) < 4.78 is 0. The lowest BCUT2D eigenvalue weighted by Gasteiger charge is -2.28. The number of hydrogen-bond donors (Lipinski definition) is 3. The van der Waals surface area contributed by atoms with Gasteiger partial charge in [0.05, 0.1) is 18.1 Å². The van der Waals surface area contributed by atoms with Gasteiger partial charge in [0.25, 0.3) is 0 Å². The first-order chi connectivity index (χ1) is 9.70. The van der Waals surface area contributed by atoms with Gasteiger partial charge in [-0.2, -0.15) is 0 Å². The van der Waals surface area contributed by atoms with Gasteiger partial charge in [0.15, 0.2) is 0 Å². The van der Waals surface area contributed by atoms with E-state index >= 15 is 0 Å². The van der Waals surface area contributed by atoms with Crippen LogP contribution in [0.3, 0.4) is 0 Å². The van der Waals surface area contributed by atoms with Gasteiger partial charge in [0.2, 0.25) is 5.91 Å². The lowest BCUT2D eigenvalue weighted by Crippen LogP contribution is -2.48. The molecule has 1 aromatic carbocycles. The number of aliphatic hydroxyl groups is 1. The fourth-order valence-corrected chi connectivity index (χ4v) is 2.80. The van der Waals surface area contributed by atoms with Gasteiger partial charge in [-0.15, -0.1) is 0 Å². The third-order valence-electron chi connectivity index (χ3n) is 4.28. The largest absolute Gasteiger partial charge is 0.394 e. The molecule has 0 radical (unpaired) electrons. The molecule has 1 aliphatic rings. The minimum Gasteiger partial charge on any atom is -0.394 e. The number of nitrogens with one attached hydrogen (secondary N) is 2.